The number of carbonyl (C=O) groups excluding carboxylic acids is 1. The van der Waals surface area contributed by atoms with Gasteiger partial charge in [0.15, 0.2) is 0 Å². The fourth-order valence-electron chi connectivity index (χ4n) is 3.21. The maximum Gasteiger partial charge on any atom is 0.236 e. The molecule has 3 fully saturated rings. The quantitative estimate of drug-likeness (QED) is 0.664. The standard InChI is InChI=1S/C10H19N3O.C6H13NO/c14-10(13-5-1-2-6-13)9-12-7-3-11-4-8-12;8-5-6-3-1-2-4-7-6/h11H,1-9H2;6-8H,1-5H2. The number of aliphatic hydroxyl groups excluding tert-OH is 1. The van der Waals surface area contributed by atoms with Crippen molar-refractivity contribution >= 4 is 5.91 Å². The summed E-state index contributed by atoms with van der Waals surface area (Å²) in [6.07, 6.45) is 6.08. The van der Waals surface area contributed by atoms with E-state index in [4.69, 9.17) is 5.11 Å². The van der Waals surface area contributed by atoms with Crippen molar-refractivity contribution in [3.63, 3.8) is 0 Å². The number of aliphatic hydroxyl groups is 1. The third-order valence-corrected chi connectivity index (χ3v) is 4.66. The second-order valence-electron chi connectivity index (χ2n) is 6.44. The third kappa shape index (κ3) is 6.20. The lowest BCUT2D eigenvalue weighted by Gasteiger charge is -2.28. The minimum Gasteiger partial charge on any atom is -0.395 e. The Balaban J connectivity index is 0.000000188. The van der Waals surface area contributed by atoms with Crippen LogP contribution in [0.5, 0.6) is 0 Å². The summed E-state index contributed by atoms with van der Waals surface area (Å²) in [6, 6.07) is 0.392. The van der Waals surface area contributed by atoms with Gasteiger partial charge < -0.3 is 20.6 Å². The minimum absolute atomic E-state index is 0.306. The molecule has 6 nitrogen and oxygen atoms in total. The van der Waals surface area contributed by atoms with Crippen LogP contribution in [0, 0.1) is 0 Å². The zero-order valence-electron chi connectivity index (χ0n) is 13.7. The van der Waals surface area contributed by atoms with E-state index < -0.39 is 0 Å². The molecule has 128 valence electrons. The lowest BCUT2D eigenvalue weighted by molar-refractivity contribution is -0.131. The lowest BCUT2D eigenvalue weighted by atomic mass is 10.1. The van der Waals surface area contributed by atoms with Crippen molar-refractivity contribution < 1.29 is 9.90 Å². The molecule has 3 aliphatic rings. The van der Waals surface area contributed by atoms with Crippen molar-refractivity contribution in [3.8, 4) is 0 Å². The first-order valence-electron chi connectivity index (χ1n) is 8.84. The maximum atomic E-state index is 11.8. The highest BCUT2D eigenvalue weighted by atomic mass is 16.3. The van der Waals surface area contributed by atoms with E-state index in [9.17, 15) is 4.79 Å². The van der Waals surface area contributed by atoms with E-state index in [2.05, 4.69) is 15.5 Å². The Hall–Kier alpha value is -0.690. The highest BCUT2D eigenvalue weighted by Crippen LogP contribution is 2.08. The second-order valence-corrected chi connectivity index (χ2v) is 6.44. The summed E-state index contributed by atoms with van der Waals surface area (Å²) in [5, 5.41) is 15.1. The maximum absolute atomic E-state index is 11.8. The van der Waals surface area contributed by atoms with Gasteiger partial charge in [0, 0.05) is 45.3 Å². The number of amides is 1. The van der Waals surface area contributed by atoms with Gasteiger partial charge in [-0.3, -0.25) is 9.69 Å². The van der Waals surface area contributed by atoms with E-state index in [1.54, 1.807) is 0 Å². The van der Waals surface area contributed by atoms with Crippen molar-refractivity contribution in [2.45, 2.75) is 38.1 Å². The summed E-state index contributed by atoms with van der Waals surface area (Å²) in [5.41, 5.74) is 0. The fourth-order valence-corrected chi connectivity index (χ4v) is 3.21. The monoisotopic (exact) mass is 312 g/mol. The molecule has 1 atom stereocenters. The number of piperazine rings is 1. The zero-order valence-corrected chi connectivity index (χ0v) is 13.7. The summed E-state index contributed by atoms with van der Waals surface area (Å²) < 4.78 is 0. The summed E-state index contributed by atoms with van der Waals surface area (Å²) in [7, 11) is 0. The third-order valence-electron chi connectivity index (χ3n) is 4.66. The van der Waals surface area contributed by atoms with Crippen LogP contribution in [0.3, 0.4) is 0 Å². The summed E-state index contributed by atoms with van der Waals surface area (Å²) in [6.45, 7) is 8.04. The average Bonchev–Trinajstić information content (AvgIpc) is 3.12. The highest BCUT2D eigenvalue weighted by Gasteiger charge is 2.20. The molecule has 22 heavy (non-hydrogen) atoms. The molecule has 1 amide bonds. The summed E-state index contributed by atoms with van der Waals surface area (Å²) >= 11 is 0. The molecule has 3 saturated heterocycles. The van der Waals surface area contributed by atoms with Crippen LogP contribution >= 0.6 is 0 Å². The molecule has 0 bridgehead atoms. The van der Waals surface area contributed by atoms with Crippen LogP contribution < -0.4 is 10.6 Å². The van der Waals surface area contributed by atoms with Crippen LogP contribution in [0.1, 0.15) is 32.1 Å². The Kier molecular flexibility index (Phi) is 8.15. The van der Waals surface area contributed by atoms with Crippen LogP contribution in [-0.4, -0.2) is 85.8 Å². The first-order valence-corrected chi connectivity index (χ1v) is 8.84. The van der Waals surface area contributed by atoms with Gasteiger partial charge >= 0.3 is 0 Å². The molecule has 0 aromatic carbocycles. The minimum atomic E-state index is 0.306. The van der Waals surface area contributed by atoms with Gasteiger partial charge in [-0.15, -0.1) is 0 Å². The number of carbonyl (C=O) groups is 1. The van der Waals surface area contributed by atoms with Gasteiger partial charge in [-0.1, -0.05) is 6.42 Å². The van der Waals surface area contributed by atoms with Gasteiger partial charge in [-0.25, -0.2) is 0 Å². The molecule has 3 N–H and O–H groups in total. The number of likely N-dealkylation sites (tertiary alicyclic amines) is 1. The summed E-state index contributed by atoms with van der Waals surface area (Å²) in [4.78, 5) is 16.0. The Morgan fingerprint density at radius 3 is 2.27 bits per heavy atom. The Morgan fingerprint density at radius 2 is 1.73 bits per heavy atom. The van der Waals surface area contributed by atoms with Crippen LogP contribution in [0.15, 0.2) is 0 Å². The van der Waals surface area contributed by atoms with Crippen molar-refractivity contribution in [2.24, 2.45) is 0 Å². The lowest BCUT2D eigenvalue weighted by Crippen LogP contribution is -2.48. The molecule has 6 heteroatoms. The van der Waals surface area contributed by atoms with Crippen LogP contribution in [-0.2, 0) is 4.79 Å². The number of hydrogen-bond acceptors (Lipinski definition) is 5. The molecule has 0 aliphatic carbocycles. The molecule has 0 aromatic rings. The van der Waals surface area contributed by atoms with Crippen LogP contribution in [0.25, 0.3) is 0 Å². The second kappa shape index (κ2) is 10.2. The van der Waals surface area contributed by atoms with Gasteiger partial charge in [-0.05, 0) is 32.2 Å². The first-order chi connectivity index (χ1) is 10.8. The van der Waals surface area contributed by atoms with Crippen molar-refractivity contribution in [2.75, 3.05) is 59.0 Å². The van der Waals surface area contributed by atoms with E-state index >= 15 is 0 Å². The Labute approximate surface area is 134 Å². The van der Waals surface area contributed by atoms with Gasteiger partial charge in [0.05, 0.1) is 13.2 Å². The largest absolute Gasteiger partial charge is 0.395 e. The smallest absolute Gasteiger partial charge is 0.236 e. The van der Waals surface area contributed by atoms with Crippen molar-refractivity contribution in [1.29, 1.82) is 0 Å². The summed E-state index contributed by atoms with van der Waals surface area (Å²) in [5.74, 6) is 0.324. The molecule has 3 rings (SSSR count). The molecular weight excluding hydrogens is 280 g/mol. The molecule has 0 saturated carbocycles. The molecule has 0 aromatic heterocycles. The number of hydrogen-bond donors (Lipinski definition) is 3. The number of piperidine rings is 1. The van der Waals surface area contributed by atoms with E-state index in [0.29, 0.717) is 25.1 Å². The van der Waals surface area contributed by atoms with E-state index in [1.165, 1.54) is 25.7 Å². The molecule has 1 unspecified atom stereocenters. The predicted molar refractivity (Wildman–Crippen MR) is 87.9 cm³/mol. The Morgan fingerprint density at radius 1 is 1.00 bits per heavy atom. The number of nitrogens with zero attached hydrogens (tertiary/aromatic N) is 2. The van der Waals surface area contributed by atoms with E-state index in [0.717, 1.165) is 52.2 Å². The van der Waals surface area contributed by atoms with Gasteiger partial charge in [-0.2, -0.15) is 0 Å². The fraction of sp³-hybridized carbons (Fsp3) is 0.938. The molecular formula is C16H32N4O2. The SMILES string of the molecule is O=C(CN1CCNCC1)N1CCCC1.OCC1CCCCN1. The molecule has 3 aliphatic heterocycles. The Bertz CT molecular complexity index is 309. The predicted octanol–water partition coefficient (Wildman–Crippen LogP) is -0.365. The topological polar surface area (TPSA) is 67.8 Å². The van der Waals surface area contributed by atoms with E-state index in [1.807, 2.05) is 4.90 Å². The van der Waals surface area contributed by atoms with Gasteiger partial charge in [0.1, 0.15) is 0 Å². The molecule has 0 radical (unpaired) electrons. The molecule has 0 spiro atoms. The van der Waals surface area contributed by atoms with Crippen LogP contribution in [0.4, 0.5) is 0 Å². The number of rotatable bonds is 3. The first kappa shape index (κ1) is 17.7. The van der Waals surface area contributed by atoms with Crippen molar-refractivity contribution in [3.05, 3.63) is 0 Å². The van der Waals surface area contributed by atoms with Crippen molar-refractivity contribution in [1.82, 2.24) is 20.4 Å². The number of nitrogens with one attached hydrogen (secondary N) is 2. The average molecular weight is 312 g/mol. The van der Waals surface area contributed by atoms with Crippen LogP contribution in [0.2, 0.25) is 0 Å². The normalized spacial score (nSPS) is 26.4. The van der Waals surface area contributed by atoms with Gasteiger partial charge in [0.2, 0.25) is 5.91 Å². The van der Waals surface area contributed by atoms with E-state index in [-0.39, 0.29) is 0 Å². The van der Waals surface area contributed by atoms with Gasteiger partial charge in [0.25, 0.3) is 0 Å². The zero-order chi connectivity index (χ0) is 15.6. The molecule has 3 heterocycles. The highest BCUT2D eigenvalue weighted by molar-refractivity contribution is 5.78.